The summed E-state index contributed by atoms with van der Waals surface area (Å²) in [6.45, 7) is 1.83. The number of amides is 1. The lowest BCUT2D eigenvalue weighted by molar-refractivity contribution is 0.0899. The number of aryl methyl sites for hydroxylation is 1. The summed E-state index contributed by atoms with van der Waals surface area (Å²) in [4.78, 5) is 16.6. The number of hydrogen-bond donors (Lipinski definition) is 2. The second-order valence-electron chi connectivity index (χ2n) is 5.58. The van der Waals surface area contributed by atoms with Gasteiger partial charge >= 0.3 is 0 Å². The van der Waals surface area contributed by atoms with E-state index in [1.54, 1.807) is 28.4 Å². The van der Waals surface area contributed by atoms with Gasteiger partial charge in [-0.25, -0.2) is 4.98 Å². The smallest absolute Gasteiger partial charge is 0.270 e. The van der Waals surface area contributed by atoms with Crippen LogP contribution < -0.4 is 5.32 Å². The zero-order valence-electron chi connectivity index (χ0n) is 13.3. The van der Waals surface area contributed by atoms with E-state index in [1.807, 2.05) is 20.2 Å². The number of carbonyl (C=O) groups excluding carboxylic acids is 1. The molecule has 2 unspecified atom stereocenters. The SMILES string of the molecule is CC(CC(O)c1ccco1)NC(=O)c1csc(-c2cnn(C)c2)n1. The van der Waals surface area contributed by atoms with Gasteiger partial charge in [0.05, 0.1) is 12.5 Å². The van der Waals surface area contributed by atoms with Crippen molar-refractivity contribution in [1.29, 1.82) is 0 Å². The first kappa shape index (κ1) is 16.4. The number of carbonyl (C=O) groups is 1. The monoisotopic (exact) mass is 346 g/mol. The zero-order chi connectivity index (χ0) is 17.1. The van der Waals surface area contributed by atoms with Crippen LogP contribution in [0.5, 0.6) is 0 Å². The lowest BCUT2D eigenvalue weighted by Gasteiger charge is -2.16. The molecule has 126 valence electrons. The van der Waals surface area contributed by atoms with Crippen LogP contribution in [-0.4, -0.2) is 31.8 Å². The molecule has 3 aromatic heterocycles. The van der Waals surface area contributed by atoms with Crippen LogP contribution in [-0.2, 0) is 7.05 Å². The fourth-order valence-electron chi connectivity index (χ4n) is 2.33. The Labute approximate surface area is 143 Å². The Kier molecular flexibility index (Phi) is 4.77. The van der Waals surface area contributed by atoms with E-state index in [1.165, 1.54) is 17.6 Å². The van der Waals surface area contributed by atoms with Crippen molar-refractivity contribution in [2.24, 2.45) is 7.05 Å². The van der Waals surface area contributed by atoms with E-state index < -0.39 is 6.10 Å². The van der Waals surface area contributed by atoms with Crippen LogP contribution in [0.4, 0.5) is 0 Å². The number of rotatable bonds is 6. The van der Waals surface area contributed by atoms with Gasteiger partial charge in [-0.3, -0.25) is 9.48 Å². The van der Waals surface area contributed by atoms with E-state index >= 15 is 0 Å². The lowest BCUT2D eigenvalue weighted by atomic mass is 10.1. The molecule has 0 saturated heterocycles. The molecule has 3 heterocycles. The van der Waals surface area contributed by atoms with E-state index in [9.17, 15) is 9.90 Å². The second-order valence-corrected chi connectivity index (χ2v) is 6.44. The molecule has 0 aliphatic rings. The minimum Gasteiger partial charge on any atom is -0.467 e. The third kappa shape index (κ3) is 3.72. The van der Waals surface area contributed by atoms with Crippen molar-refractivity contribution < 1.29 is 14.3 Å². The highest BCUT2D eigenvalue weighted by atomic mass is 32.1. The topological polar surface area (TPSA) is 93.2 Å². The molecule has 3 aromatic rings. The molecular formula is C16H18N4O3S. The molecule has 0 bridgehead atoms. The summed E-state index contributed by atoms with van der Waals surface area (Å²) in [6.07, 6.45) is 4.68. The minimum atomic E-state index is -0.753. The van der Waals surface area contributed by atoms with E-state index in [4.69, 9.17) is 4.42 Å². The van der Waals surface area contributed by atoms with Crippen LogP contribution in [0.1, 0.15) is 35.7 Å². The van der Waals surface area contributed by atoms with Gasteiger partial charge in [-0.2, -0.15) is 5.10 Å². The summed E-state index contributed by atoms with van der Waals surface area (Å²) in [6, 6.07) is 3.21. The maximum absolute atomic E-state index is 12.3. The van der Waals surface area contributed by atoms with Crippen LogP contribution in [0.15, 0.2) is 40.6 Å². The van der Waals surface area contributed by atoms with Gasteiger partial charge < -0.3 is 14.8 Å². The number of nitrogens with zero attached hydrogens (tertiary/aromatic N) is 3. The van der Waals surface area contributed by atoms with Crippen LogP contribution >= 0.6 is 11.3 Å². The predicted molar refractivity (Wildman–Crippen MR) is 89.5 cm³/mol. The van der Waals surface area contributed by atoms with Crippen molar-refractivity contribution in [2.45, 2.75) is 25.5 Å². The second kappa shape index (κ2) is 6.98. The predicted octanol–water partition coefficient (Wildman–Crippen LogP) is 2.38. The van der Waals surface area contributed by atoms with Crippen molar-refractivity contribution >= 4 is 17.2 Å². The molecule has 0 fully saturated rings. The van der Waals surface area contributed by atoms with Gasteiger partial charge in [-0.15, -0.1) is 11.3 Å². The Hall–Kier alpha value is -2.45. The fraction of sp³-hybridized carbons (Fsp3) is 0.312. The summed E-state index contributed by atoms with van der Waals surface area (Å²) < 4.78 is 6.85. The Bertz CT molecular complexity index is 809. The first-order chi connectivity index (χ1) is 11.5. The fourth-order valence-corrected chi connectivity index (χ4v) is 3.11. The molecule has 2 N–H and O–H groups in total. The van der Waals surface area contributed by atoms with Gasteiger partial charge in [0.25, 0.3) is 5.91 Å². The molecule has 0 spiro atoms. The molecule has 2 atom stereocenters. The summed E-state index contributed by atoms with van der Waals surface area (Å²) in [5, 5.41) is 19.5. The quantitative estimate of drug-likeness (QED) is 0.715. The molecular weight excluding hydrogens is 328 g/mol. The Balaban J connectivity index is 1.59. The highest BCUT2D eigenvalue weighted by Gasteiger charge is 2.19. The molecule has 8 heteroatoms. The summed E-state index contributed by atoms with van der Waals surface area (Å²) >= 11 is 1.39. The molecule has 0 saturated carbocycles. The van der Waals surface area contributed by atoms with Crippen molar-refractivity contribution in [1.82, 2.24) is 20.1 Å². The first-order valence-corrected chi connectivity index (χ1v) is 8.38. The Morgan fingerprint density at radius 1 is 1.54 bits per heavy atom. The van der Waals surface area contributed by atoms with Gasteiger partial charge in [0.1, 0.15) is 22.6 Å². The lowest BCUT2D eigenvalue weighted by Crippen LogP contribution is -2.33. The number of aliphatic hydroxyl groups excluding tert-OH is 1. The Morgan fingerprint density at radius 3 is 3.04 bits per heavy atom. The average molecular weight is 346 g/mol. The average Bonchev–Trinajstić information content (AvgIpc) is 3.28. The van der Waals surface area contributed by atoms with E-state index in [0.29, 0.717) is 17.9 Å². The first-order valence-electron chi connectivity index (χ1n) is 7.50. The van der Waals surface area contributed by atoms with Gasteiger partial charge in [0.2, 0.25) is 0 Å². The number of furan rings is 1. The number of hydrogen-bond acceptors (Lipinski definition) is 6. The molecule has 0 aliphatic carbocycles. The molecule has 0 radical (unpaired) electrons. The molecule has 1 amide bonds. The Morgan fingerprint density at radius 2 is 2.38 bits per heavy atom. The van der Waals surface area contributed by atoms with Gasteiger partial charge in [-0.05, 0) is 19.1 Å². The van der Waals surface area contributed by atoms with E-state index in [2.05, 4.69) is 15.4 Å². The summed E-state index contributed by atoms with van der Waals surface area (Å²) in [5.74, 6) is 0.226. The molecule has 0 aromatic carbocycles. The maximum Gasteiger partial charge on any atom is 0.270 e. The highest BCUT2D eigenvalue weighted by Crippen LogP contribution is 2.23. The van der Waals surface area contributed by atoms with Crippen molar-refractivity contribution in [3.63, 3.8) is 0 Å². The highest BCUT2D eigenvalue weighted by molar-refractivity contribution is 7.13. The number of aliphatic hydroxyl groups is 1. The van der Waals surface area contributed by atoms with Crippen LogP contribution in [0, 0.1) is 0 Å². The third-order valence-electron chi connectivity index (χ3n) is 3.51. The van der Waals surface area contributed by atoms with Crippen LogP contribution in [0.2, 0.25) is 0 Å². The normalized spacial score (nSPS) is 13.6. The van der Waals surface area contributed by atoms with Crippen molar-refractivity contribution in [3.8, 4) is 10.6 Å². The standard InChI is InChI=1S/C16H18N4O3S/c1-10(6-13(21)14-4-3-5-23-14)18-15(22)12-9-24-16(19-12)11-7-17-20(2)8-11/h3-5,7-10,13,21H,6H2,1-2H3,(H,18,22). The molecule has 0 aliphatic heterocycles. The third-order valence-corrected chi connectivity index (χ3v) is 4.41. The summed E-state index contributed by atoms with van der Waals surface area (Å²) in [5.41, 5.74) is 1.24. The molecule has 7 nitrogen and oxygen atoms in total. The van der Waals surface area contributed by atoms with Crippen LogP contribution in [0.25, 0.3) is 10.6 Å². The van der Waals surface area contributed by atoms with Crippen LogP contribution in [0.3, 0.4) is 0 Å². The number of aromatic nitrogens is 3. The van der Waals surface area contributed by atoms with Crippen molar-refractivity contribution in [2.75, 3.05) is 0 Å². The number of thiazole rings is 1. The summed E-state index contributed by atoms with van der Waals surface area (Å²) in [7, 11) is 1.83. The zero-order valence-corrected chi connectivity index (χ0v) is 14.2. The van der Waals surface area contributed by atoms with Gasteiger partial charge in [0, 0.05) is 36.7 Å². The maximum atomic E-state index is 12.3. The number of nitrogens with one attached hydrogen (secondary N) is 1. The van der Waals surface area contributed by atoms with E-state index in [0.717, 1.165) is 10.6 Å². The van der Waals surface area contributed by atoms with Crippen molar-refractivity contribution in [3.05, 3.63) is 47.6 Å². The largest absolute Gasteiger partial charge is 0.467 e. The minimum absolute atomic E-state index is 0.221. The molecule has 24 heavy (non-hydrogen) atoms. The van der Waals surface area contributed by atoms with Gasteiger partial charge in [0.15, 0.2) is 0 Å². The van der Waals surface area contributed by atoms with E-state index in [-0.39, 0.29) is 11.9 Å². The van der Waals surface area contributed by atoms with Gasteiger partial charge in [-0.1, -0.05) is 0 Å². The molecule has 3 rings (SSSR count).